The predicted octanol–water partition coefficient (Wildman–Crippen LogP) is 1.24. The molecule has 0 aliphatic carbocycles. The van der Waals surface area contributed by atoms with Gasteiger partial charge in [-0.15, -0.1) is 0 Å². The second kappa shape index (κ2) is 4.92. The van der Waals surface area contributed by atoms with Crippen molar-refractivity contribution in [2.75, 3.05) is 19.7 Å². The smallest absolute Gasteiger partial charge is 0.372 e. The molecule has 0 bridgehead atoms. The van der Waals surface area contributed by atoms with Gasteiger partial charge in [0.05, 0.1) is 6.61 Å². The lowest BCUT2D eigenvalue weighted by Gasteiger charge is -2.11. The minimum Gasteiger partial charge on any atom is -0.461 e. The molecule has 1 aliphatic rings. The standard InChI is InChI=1S/C13H16NO2/c1-2-16-13(15)10-14-8-7-11-5-3-4-6-12(11)9-14/h3-6,9H,2,7-8,10H2,1H3/q+1. The Balaban J connectivity index is 2.09. The number of carbonyl (C=O) groups is 1. The average molecular weight is 218 g/mol. The van der Waals surface area contributed by atoms with Crippen LogP contribution in [0.4, 0.5) is 0 Å². The quantitative estimate of drug-likeness (QED) is 0.564. The topological polar surface area (TPSA) is 29.3 Å². The maximum Gasteiger partial charge on any atom is 0.372 e. The zero-order valence-corrected chi connectivity index (χ0v) is 9.48. The molecule has 0 unspecified atom stereocenters. The molecule has 1 aromatic rings. The van der Waals surface area contributed by atoms with Gasteiger partial charge in [-0.25, -0.2) is 9.37 Å². The Hall–Kier alpha value is -1.64. The summed E-state index contributed by atoms with van der Waals surface area (Å²) in [5, 5.41) is 0. The Bertz CT molecular complexity index is 424. The van der Waals surface area contributed by atoms with Gasteiger partial charge in [0.15, 0.2) is 6.21 Å². The van der Waals surface area contributed by atoms with Gasteiger partial charge in [-0.2, -0.15) is 0 Å². The van der Waals surface area contributed by atoms with Crippen LogP contribution in [0.5, 0.6) is 0 Å². The van der Waals surface area contributed by atoms with Gasteiger partial charge in [-0.3, -0.25) is 0 Å². The van der Waals surface area contributed by atoms with Crippen LogP contribution in [0.2, 0.25) is 0 Å². The van der Waals surface area contributed by atoms with Crippen molar-refractivity contribution in [3.05, 3.63) is 35.4 Å². The van der Waals surface area contributed by atoms with Gasteiger partial charge >= 0.3 is 5.97 Å². The lowest BCUT2D eigenvalue weighted by atomic mass is 10.0. The molecule has 0 fully saturated rings. The largest absolute Gasteiger partial charge is 0.461 e. The summed E-state index contributed by atoms with van der Waals surface area (Å²) in [5.74, 6) is -0.155. The van der Waals surface area contributed by atoms with Crippen LogP contribution >= 0.6 is 0 Å². The maximum atomic E-state index is 11.3. The molecule has 0 saturated heterocycles. The van der Waals surface area contributed by atoms with Crippen molar-refractivity contribution in [2.24, 2.45) is 0 Å². The molecule has 1 heterocycles. The Kier molecular flexibility index (Phi) is 3.34. The molecule has 3 nitrogen and oxygen atoms in total. The van der Waals surface area contributed by atoms with Crippen LogP contribution in [-0.4, -0.2) is 36.5 Å². The van der Waals surface area contributed by atoms with Crippen molar-refractivity contribution in [2.45, 2.75) is 13.3 Å². The molecule has 3 heteroatoms. The van der Waals surface area contributed by atoms with Crippen LogP contribution < -0.4 is 0 Å². The number of nitrogens with zero attached hydrogens (tertiary/aromatic N) is 1. The molecule has 0 radical (unpaired) electrons. The summed E-state index contributed by atoms with van der Waals surface area (Å²) in [7, 11) is 0. The van der Waals surface area contributed by atoms with Crippen LogP contribution in [0.1, 0.15) is 18.1 Å². The van der Waals surface area contributed by atoms with E-state index in [1.165, 1.54) is 11.1 Å². The number of benzene rings is 1. The molecule has 0 amide bonds. The van der Waals surface area contributed by atoms with Gasteiger partial charge in [0, 0.05) is 12.0 Å². The van der Waals surface area contributed by atoms with Gasteiger partial charge in [-0.1, -0.05) is 18.2 Å². The van der Waals surface area contributed by atoms with Crippen molar-refractivity contribution < 1.29 is 14.1 Å². The van der Waals surface area contributed by atoms with E-state index < -0.39 is 0 Å². The summed E-state index contributed by atoms with van der Waals surface area (Å²) in [6, 6.07) is 8.27. The Labute approximate surface area is 95.4 Å². The SMILES string of the molecule is CCOC(=O)C[N+]1=Cc2ccccc2CC1. The van der Waals surface area contributed by atoms with Crippen molar-refractivity contribution >= 4 is 12.2 Å². The summed E-state index contributed by atoms with van der Waals surface area (Å²) in [6.45, 7) is 3.51. The second-order valence-corrected chi connectivity index (χ2v) is 3.85. The summed E-state index contributed by atoms with van der Waals surface area (Å²) in [6.07, 6.45) is 3.03. The molecule has 16 heavy (non-hydrogen) atoms. The zero-order valence-electron chi connectivity index (χ0n) is 9.48. The first-order valence-electron chi connectivity index (χ1n) is 5.62. The number of hydrogen-bond acceptors (Lipinski definition) is 2. The Morgan fingerprint density at radius 2 is 2.25 bits per heavy atom. The van der Waals surface area contributed by atoms with E-state index in [0.29, 0.717) is 13.2 Å². The third-order valence-corrected chi connectivity index (χ3v) is 2.68. The average Bonchev–Trinajstić information content (AvgIpc) is 2.29. The van der Waals surface area contributed by atoms with E-state index in [1.807, 2.05) is 29.8 Å². The Morgan fingerprint density at radius 3 is 3.06 bits per heavy atom. The van der Waals surface area contributed by atoms with Crippen molar-refractivity contribution in [3.8, 4) is 0 Å². The van der Waals surface area contributed by atoms with Crippen molar-refractivity contribution in [3.63, 3.8) is 0 Å². The molecule has 0 N–H and O–H groups in total. The number of carbonyl (C=O) groups excluding carboxylic acids is 1. The van der Waals surface area contributed by atoms with E-state index in [1.54, 1.807) is 0 Å². The molecule has 0 spiro atoms. The highest BCUT2D eigenvalue weighted by atomic mass is 16.5. The van der Waals surface area contributed by atoms with Crippen LogP contribution in [0, 0.1) is 0 Å². The number of hydrogen-bond donors (Lipinski definition) is 0. The fraction of sp³-hybridized carbons (Fsp3) is 0.385. The molecule has 0 aromatic heterocycles. The summed E-state index contributed by atoms with van der Waals surface area (Å²) in [5.41, 5.74) is 2.56. The minimum atomic E-state index is -0.155. The van der Waals surface area contributed by atoms with Gasteiger partial charge in [0.1, 0.15) is 6.54 Å². The van der Waals surface area contributed by atoms with Gasteiger partial charge < -0.3 is 4.74 Å². The number of esters is 1. The third-order valence-electron chi connectivity index (χ3n) is 2.68. The third kappa shape index (κ3) is 2.48. The molecule has 84 valence electrons. The summed E-state index contributed by atoms with van der Waals surface area (Å²) >= 11 is 0. The van der Waals surface area contributed by atoms with Crippen LogP contribution in [0.25, 0.3) is 0 Å². The highest BCUT2D eigenvalue weighted by Gasteiger charge is 2.18. The second-order valence-electron chi connectivity index (χ2n) is 3.85. The van der Waals surface area contributed by atoms with Gasteiger partial charge in [0.25, 0.3) is 0 Å². The van der Waals surface area contributed by atoms with Crippen LogP contribution in [0.15, 0.2) is 24.3 Å². The van der Waals surface area contributed by atoms with E-state index >= 15 is 0 Å². The number of fused-ring (bicyclic) bond motifs is 1. The lowest BCUT2D eigenvalue weighted by molar-refractivity contribution is -0.514. The first-order chi connectivity index (χ1) is 7.79. The fourth-order valence-electron chi connectivity index (χ4n) is 1.91. The monoisotopic (exact) mass is 218 g/mol. The highest BCUT2D eigenvalue weighted by Crippen LogP contribution is 2.10. The lowest BCUT2D eigenvalue weighted by Crippen LogP contribution is -2.28. The Morgan fingerprint density at radius 1 is 1.44 bits per heavy atom. The highest BCUT2D eigenvalue weighted by molar-refractivity contribution is 5.80. The predicted molar refractivity (Wildman–Crippen MR) is 61.9 cm³/mol. The molecular weight excluding hydrogens is 202 g/mol. The number of rotatable bonds is 3. The molecule has 2 rings (SSSR count). The maximum absolute atomic E-state index is 11.3. The fourth-order valence-corrected chi connectivity index (χ4v) is 1.91. The first kappa shape index (κ1) is 10.9. The molecule has 0 atom stereocenters. The van der Waals surface area contributed by atoms with E-state index in [9.17, 15) is 4.79 Å². The minimum absolute atomic E-state index is 0.155. The summed E-state index contributed by atoms with van der Waals surface area (Å²) < 4.78 is 6.95. The van der Waals surface area contributed by atoms with E-state index in [-0.39, 0.29) is 5.97 Å². The van der Waals surface area contributed by atoms with Crippen LogP contribution in [0.3, 0.4) is 0 Å². The van der Waals surface area contributed by atoms with E-state index in [0.717, 1.165) is 13.0 Å². The molecule has 1 aromatic carbocycles. The van der Waals surface area contributed by atoms with Crippen LogP contribution in [-0.2, 0) is 16.0 Å². The summed E-state index contributed by atoms with van der Waals surface area (Å²) in [4.78, 5) is 11.3. The normalized spacial score (nSPS) is 13.9. The van der Waals surface area contributed by atoms with Gasteiger partial charge in [-0.05, 0) is 18.6 Å². The molecular formula is C13H16NO2+. The molecule has 1 aliphatic heterocycles. The van der Waals surface area contributed by atoms with E-state index in [4.69, 9.17) is 4.74 Å². The zero-order chi connectivity index (χ0) is 11.4. The number of ether oxygens (including phenoxy) is 1. The van der Waals surface area contributed by atoms with Crippen molar-refractivity contribution in [1.82, 2.24) is 0 Å². The van der Waals surface area contributed by atoms with Gasteiger partial charge in [0.2, 0.25) is 6.54 Å². The van der Waals surface area contributed by atoms with E-state index in [2.05, 4.69) is 12.1 Å². The first-order valence-corrected chi connectivity index (χ1v) is 5.62. The molecule has 0 saturated carbocycles. The van der Waals surface area contributed by atoms with Crippen molar-refractivity contribution in [1.29, 1.82) is 0 Å².